The van der Waals surface area contributed by atoms with Crippen LogP contribution >= 0.6 is 11.8 Å². The van der Waals surface area contributed by atoms with Crippen molar-refractivity contribution in [3.05, 3.63) is 0 Å². The lowest BCUT2D eigenvalue weighted by Gasteiger charge is -2.32. The summed E-state index contributed by atoms with van der Waals surface area (Å²) >= 11 is 1.74. The fraction of sp³-hybridized carbons (Fsp3) is 0.917. The summed E-state index contributed by atoms with van der Waals surface area (Å²) in [5.74, 6) is 0. The number of rotatable bonds is 2. The van der Waals surface area contributed by atoms with E-state index in [9.17, 15) is 0 Å². The minimum atomic E-state index is -0.0643. The Bertz CT molecular complexity index is 333. The summed E-state index contributed by atoms with van der Waals surface area (Å²) in [4.78, 5) is 6.97. The number of ether oxygens (including phenoxy) is 2. The topological polar surface area (TPSA) is 46.1 Å². The van der Waals surface area contributed by atoms with Gasteiger partial charge in [-0.25, -0.2) is 4.99 Å². The van der Waals surface area contributed by atoms with Crippen molar-refractivity contribution >= 4 is 17.0 Å². The van der Waals surface area contributed by atoms with E-state index in [0.717, 1.165) is 57.7 Å². The molecule has 2 atom stereocenters. The van der Waals surface area contributed by atoms with Crippen LogP contribution in [0.4, 0.5) is 0 Å². The third kappa shape index (κ3) is 2.66. The summed E-state index contributed by atoms with van der Waals surface area (Å²) in [6, 6.07) is 0. The largest absolute Gasteiger partial charge is 0.465 e. The van der Waals surface area contributed by atoms with Crippen molar-refractivity contribution in [3.63, 3.8) is 0 Å². The molecule has 0 aliphatic carbocycles. The zero-order chi connectivity index (χ0) is 12.4. The number of fused-ring (bicyclic) bond motifs is 1. The van der Waals surface area contributed by atoms with Crippen LogP contribution in [0.25, 0.3) is 0 Å². The minimum absolute atomic E-state index is 0.0643. The fourth-order valence-corrected chi connectivity index (χ4v) is 3.70. The second-order valence-electron chi connectivity index (χ2n) is 5.28. The van der Waals surface area contributed by atoms with Gasteiger partial charge < -0.3 is 14.8 Å². The lowest BCUT2D eigenvalue weighted by molar-refractivity contribution is -0.0254. The van der Waals surface area contributed by atoms with Crippen LogP contribution in [0.5, 0.6) is 0 Å². The zero-order valence-electron chi connectivity index (χ0n) is 10.9. The normalized spacial score (nSPS) is 39.6. The molecule has 3 fully saturated rings. The Morgan fingerprint density at radius 2 is 2.33 bits per heavy atom. The molecule has 0 aromatic heterocycles. The van der Waals surface area contributed by atoms with Crippen LogP contribution in [0, 0.1) is 0 Å². The summed E-state index contributed by atoms with van der Waals surface area (Å²) in [5, 5.41) is 4.61. The number of hydrogen-bond donors (Lipinski definition) is 1. The van der Waals surface area contributed by atoms with E-state index in [1.807, 2.05) is 0 Å². The SMILES string of the molecule is C[C@@]12CCOC[C@@H]1SC(=NCN1CCNCC1)O2. The highest BCUT2D eigenvalue weighted by atomic mass is 32.2. The lowest BCUT2D eigenvalue weighted by atomic mass is 9.96. The molecule has 0 radical (unpaired) electrons. The minimum Gasteiger partial charge on any atom is -0.465 e. The van der Waals surface area contributed by atoms with Gasteiger partial charge >= 0.3 is 0 Å². The third-order valence-electron chi connectivity index (χ3n) is 3.87. The zero-order valence-corrected chi connectivity index (χ0v) is 11.7. The summed E-state index contributed by atoms with van der Waals surface area (Å²) in [7, 11) is 0. The van der Waals surface area contributed by atoms with Gasteiger partial charge in [-0.1, -0.05) is 11.8 Å². The maximum absolute atomic E-state index is 6.03. The standard InChI is InChI=1S/C12H21N3O2S/c1-12-2-7-16-8-10(12)18-11(17-12)14-9-15-5-3-13-4-6-15/h10,13H,2-9H2,1H3/t10-,12+/m0/s1. The molecule has 5 nitrogen and oxygen atoms in total. The Kier molecular flexibility index (Phi) is 3.79. The van der Waals surface area contributed by atoms with E-state index < -0.39 is 0 Å². The van der Waals surface area contributed by atoms with Crippen LogP contribution < -0.4 is 5.32 Å². The van der Waals surface area contributed by atoms with Crippen molar-refractivity contribution < 1.29 is 9.47 Å². The molecule has 0 unspecified atom stereocenters. The molecule has 6 heteroatoms. The van der Waals surface area contributed by atoms with Crippen LogP contribution in [-0.4, -0.2) is 67.0 Å². The van der Waals surface area contributed by atoms with Gasteiger partial charge in [0, 0.05) is 32.6 Å². The quantitative estimate of drug-likeness (QED) is 0.793. The molecule has 3 aliphatic heterocycles. The average molecular weight is 271 g/mol. The van der Waals surface area contributed by atoms with Crippen molar-refractivity contribution in [1.29, 1.82) is 0 Å². The molecule has 0 spiro atoms. The molecule has 3 rings (SSSR count). The molecule has 0 aromatic rings. The van der Waals surface area contributed by atoms with Gasteiger partial charge in [0.25, 0.3) is 0 Å². The molecular formula is C12H21N3O2S. The maximum atomic E-state index is 6.03. The van der Waals surface area contributed by atoms with Crippen molar-refractivity contribution in [2.45, 2.75) is 24.2 Å². The number of hydrogen-bond acceptors (Lipinski definition) is 6. The molecule has 18 heavy (non-hydrogen) atoms. The van der Waals surface area contributed by atoms with Gasteiger partial charge in [0.1, 0.15) is 5.60 Å². The second kappa shape index (κ2) is 5.36. The molecule has 3 heterocycles. The van der Waals surface area contributed by atoms with E-state index in [4.69, 9.17) is 9.47 Å². The number of aliphatic imine (C=N–C) groups is 1. The number of thioether (sulfide) groups is 1. The predicted molar refractivity (Wildman–Crippen MR) is 73.0 cm³/mol. The Morgan fingerprint density at radius 3 is 3.11 bits per heavy atom. The first-order valence-corrected chi connectivity index (χ1v) is 7.55. The Balaban J connectivity index is 1.57. The summed E-state index contributed by atoms with van der Waals surface area (Å²) in [6.45, 7) is 8.80. The van der Waals surface area contributed by atoms with E-state index in [2.05, 4.69) is 22.1 Å². The van der Waals surface area contributed by atoms with Crippen LogP contribution in [0.2, 0.25) is 0 Å². The molecule has 102 valence electrons. The third-order valence-corrected chi connectivity index (χ3v) is 5.20. The maximum Gasteiger partial charge on any atom is 0.248 e. The van der Waals surface area contributed by atoms with Gasteiger partial charge in [-0.3, -0.25) is 4.90 Å². The number of nitrogens with one attached hydrogen (secondary N) is 1. The second-order valence-corrected chi connectivity index (χ2v) is 6.43. The summed E-state index contributed by atoms with van der Waals surface area (Å²) in [5.41, 5.74) is -0.0643. The van der Waals surface area contributed by atoms with E-state index in [0.29, 0.717) is 5.25 Å². The first-order chi connectivity index (χ1) is 8.76. The molecule has 3 aliphatic rings. The van der Waals surface area contributed by atoms with Crippen molar-refractivity contribution in [2.75, 3.05) is 46.1 Å². The molecule has 0 bridgehead atoms. The van der Waals surface area contributed by atoms with E-state index in [1.54, 1.807) is 11.8 Å². The van der Waals surface area contributed by atoms with E-state index >= 15 is 0 Å². The molecule has 1 N–H and O–H groups in total. The fourth-order valence-electron chi connectivity index (χ4n) is 2.50. The summed E-state index contributed by atoms with van der Waals surface area (Å²) < 4.78 is 11.6. The Morgan fingerprint density at radius 1 is 1.50 bits per heavy atom. The predicted octanol–water partition coefficient (Wildman–Crippen LogP) is 0.516. The first kappa shape index (κ1) is 12.7. The average Bonchev–Trinajstić information content (AvgIpc) is 2.74. The van der Waals surface area contributed by atoms with Crippen LogP contribution in [0.1, 0.15) is 13.3 Å². The van der Waals surface area contributed by atoms with Gasteiger partial charge in [-0.05, 0) is 6.92 Å². The Hall–Kier alpha value is -0.300. The highest BCUT2D eigenvalue weighted by Gasteiger charge is 2.47. The van der Waals surface area contributed by atoms with Gasteiger partial charge in [0.2, 0.25) is 5.23 Å². The van der Waals surface area contributed by atoms with Gasteiger partial charge in [-0.15, -0.1) is 0 Å². The van der Waals surface area contributed by atoms with Crippen LogP contribution in [0.3, 0.4) is 0 Å². The Labute approximate surface area is 112 Å². The van der Waals surface area contributed by atoms with Crippen molar-refractivity contribution in [2.24, 2.45) is 4.99 Å². The smallest absolute Gasteiger partial charge is 0.248 e. The van der Waals surface area contributed by atoms with Crippen molar-refractivity contribution in [3.8, 4) is 0 Å². The highest BCUT2D eigenvalue weighted by molar-refractivity contribution is 8.14. The molecular weight excluding hydrogens is 250 g/mol. The van der Waals surface area contributed by atoms with Gasteiger partial charge in [0.15, 0.2) is 0 Å². The first-order valence-electron chi connectivity index (χ1n) is 6.67. The lowest BCUT2D eigenvalue weighted by Crippen LogP contribution is -2.43. The molecule has 0 amide bonds. The molecule has 0 aromatic carbocycles. The summed E-state index contributed by atoms with van der Waals surface area (Å²) in [6.07, 6.45) is 0.970. The molecule has 0 saturated carbocycles. The highest BCUT2D eigenvalue weighted by Crippen LogP contribution is 2.41. The van der Waals surface area contributed by atoms with Crippen molar-refractivity contribution in [1.82, 2.24) is 10.2 Å². The van der Waals surface area contributed by atoms with E-state index in [-0.39, 0.29) is 5.60 Å². The van der Waals surface area contributed by atoms with Gasteiger partial charge in [-0.2, -0.15) is 0 Å². The number of piperazine rings is 1. The monoisotopic (exact) mass is 271 g/mol. The molecule has 3 saturated heterocycles. The van der Waals surface area contributed by atoms with E-state index in [1.165, 1.54) is 0 Å². The van der Waals surface area contributed by atoms with Gasteiger partial charge in [0.05, 0.1) is 25.1 Å². The number of nitrogens with zero attached hydrogens (tertiary/aromatic N) is 2. The van der Waals surface area contributed by atoms with Crippen LogP contribution in [-0.2, 0) is 9.47 Å². The van der Waals surface area contributed by atoms with Crippen LogP contribution in [0.15, 0.2) is 4.99 Å².